The summed E-state index contributed by atoms with van der Waals surface area (Å²) < 4.78 is 4.61. The molecule has 3 rings (SSSR count). The van der Waals surface area contributed by atoms with Crippen LogP contribution in [0.4, 0.5) is 5.69 Å². The zero-order valence-corrected chi connectivity index (χ0v) is 12.5. The molecule has 5 nitrogen and oxygen atoms in total. The Bertz CT molecular complexity index is 774. The molecule has 0 bridgehead atoms. The molecular weight excluding hydrogens is 320 g/mol. The van der Waals surface area contributed by atoms with E-state index in [-0.39, 0.29) is 12.5 Å². The highest BCUT2D eigenvalue weighted by Gasteiger charge is 2.07. The molecule has 20 heavy (non-hydrogen) atoms. The largest absolute Gasteiger partial charge is 0.338 e. The summed E-state index contributed by atoms with van der Waals surface area (Å²) in [5.74, 6) is -0.0709. The van der Waals surface area contributed by atoms with Gasteiger partial charge in [-0.05, 0) is 24.3 Å². The summed E-state index contributed by atoms with van der Waals surface area (Å²) in [6, 6.07) is 8.00. The molecule has 0 aliphatic carbocycles. The minimum Gasteiger partial charge on any atom is -0.338 e. The predicted molar refractivity (Wildman–Crippen MR) is 81.5 cm³/mol. The van der Waals surface area contributed by atoms with Crippen molar-refractivity contribution in [2.24, 2.45) is 7.05 Å². The molecule has 0 saturated heterocycles. The third-order valence-corrected chi connectivity index (χ3v) is 3.53. The molecule has 1 N–H and O–H groups in total. The number of nitrogens with one attached hydrogen (secondary N) is 1. The maximum Gasteiger partial charge on any atom is 0.244 e. The van der Waals surface area contributed by atoms with Crippen molar-refractivity contribution < 1.29 is 4.79 Å². The first-order valence-electron chi connectivity index (χ1n) is 6.15. The van der Waals surface area contributed by atoms with Gasteiger partial charge in [0.15, 0.2) is 0 Å². The number of benzene rings is 1. The van der Waals surface area contributed by atoms with Crippen molar-refractivity contribution in [3.8, 4) is 0 Å². The van der Waals surface area contributed by atoms with Crippen molar-refractivity contribution in [2.45, 2.75) is 6.54 Å². The van der Waals surface area contributed by atoms with Gasteiger partial charge in [0.1, 0.15) is 6.54 Å². The lowest BCUT2D eigenvalue weighted by Gasteiger charge is -2.05. The zero-order valence-electron chi connectivity index (χ0n) is 10.9. The van der Waals surface area contributed by atoms with Crippen molar-refractivity contribution in [1.82, 2.24) is 14.3 Å². The molecule has 1 aromatic carbocycles. The molecule has 102 valence electrons. The van der Waals surface area contributed by atoms with E-state index in [1.54, 1.807) is 17.1 Å². The van der Waals surface area contributed by atoms with Gasteiger partial charge >= 0.3 is 0 Å². The first-order chi connectivity index (χ1) is 9.61. The third-order valence-electron chi connectivity index (χ3n) is 3.04. The van der Waals surface area contributed by atoms with E-state index < -0.39 is 0 Å². The lowest BCUT2D eigenvalue weighted by Crippen LogP contribution is -2.17. The lowest BCUT2D eigenvalue weighted by molar-refractivity contribution is -0.116. The van der Waals surface area contributed by atoms with Crippen LogP contribution >= 0.6 is 15.9 Å². The van der Waals surface area contributed by atoms with E-state index in [1.165, 1.54) is 0 Å². The summed E-state index contributed by atoms with van der Waals surface area (Å²) >= 11 is 3.44. The minimum absolute atomic E-state index is 0.0709. The quantitative estimate of drug-likeness (QED) is 0.801. The Morgan fingerprint density at radius 1 is 1.40 bits per heavy atom. The Labute approximate surface area is 124 Å². The van der Waals surface area contributed by atoms with E-state index in [0.29, 0.717) is 5.69 Å². The zero-order chi connectivity index (χ0) is 14.1. The fraction of sp³-hybridized carbons (Fsp3) is 0.143. The maximum atomic E-state index is 12.0. The number of aromatic nitrogens is 3. The number of fused-ring (bicyclic) bond motifs is 1. The van der Waals surface area contributed by atoms with Gasteiger partial charge in [-0.2, -0.15) is 5.10 Å². The summed E-state index contributed by atoms with van der Waals surface area (Å²) in [5.41, 5.74) is 1.74. The van der Waals surface area contributed by atoms with E-state index in [4.69, 9.17) is 0 Å². The molecule has 6 heteroatoms. The summed E-state index contributed by atoms with van der Waals surface area (Å²) in [5, 5.41) is 7.95. The molecule has 2 aromatic heterocycles. The fourth-order valence-electron chi connectivity index (χ4n) is 2.15. The monoisotopic (exact) mass is 332 g/mol. The summed E-state index contributed by atoms with van der Waals surface area (Å²) in [6.45, 7) is 0.278. The molecule has 0 aliphatic heterocycles. The molecule has 1 amide bonds. The van der Waals surface area contributed by atoms with Gasteiger partial charge in [0.05, 0.1) is 11.9 Å². The van der Waals surface area contributed by atoms with Gasteiger partial charge in [0.2, 0.25) is 5.91 Å². The second kappa shape index (κ2) is 5.13. The predicted octanol–water partition coefficient (Wildman–Crippen LogP) is 2.78. The molecule has 0 fully saturated rings. The van der Waals surface area contributed by atoms with Gasteiger partial charge in [0, 0.05) is 34.8 Å². The van der Waals surface area contributed by atoms with Gasteiger partial charge in [-0.3, -0.25) is 9.48 Å². The van der Waals surface area contributed by atoms with Crippen LogP contribution in [0.1, 0.15) is 0 Å². The van der Waals surface area contributed by atoms with E-state index in [0.717, 1.165) is 15.4 Å². The SMILES string of the molecule is Cn1cc(NC(=O)Cn2ccc3cc(Br)ccc32)cn1. The molecule has 0 aliphatic rings. The highest BCUT2D eigenvalue weighted by atomic mass is 79.9. The van der Waals surface area contributed by atoms with E-state index in [2.05, 4.69) is 26.3 Å². The number of carbonyl (C=O) groups is 1. The number of nitrogens with zero attached hydrogens (tertiary/aromatic N) is 3. The fourth-order valence-corrected chi connectivity index (χ4v) is 2.53. The van der Waals surface area contributed by atoms with E-state index in [1.807, 2.05) is 42.1 Å². The Hall–Kier alpha value is -2.08. The average Bonchev–Trinajstić information content (AvgIpc) is 2.96. The minimum atomic E-state index is -0.0709. The Morgan fingerprint density at radius 2 is 2.25 bits per heavy atom. The van der Waals surface area contributed by atoms with Crippen molar-refractivity contribution in [1.29, 1.82) is 0 Å². The molecule has 0 unspecified atom stereocenters. The van der Waals surface area contributed by atoms with Gasteiger partial charge in [0.25, 0.3) is 0 Å². The van der Waals surface area contributed by atoms with Crippen LogP contribution in [0.3, 0.4) is 0 Å². The van der Waals surface area contributed by atoms with Crippen molar-refractivity contribution in [3.05, 3.63) is 47.3 Å². The Balaban J connectivity index is 1.77. The van der Waals surface area contributed by atoms with Crippen LogP contribution in [0.5, 0.6) is 0 Å². The highest BCUT2D eigenvalue weighted by Crippen LogP contribution is 2.20. The topological polar surface area (TPSA) is 51.9 Å². The molecule has 0 spiro atoms. The molecule has 0 saturated carbocycles. The highest BCUT2D eigenvalue weighted by molar-refractivity contribution is 9.10. The number of anilines is 1. The van der Waals surface area contributed by atoms with Gasteiger partial charge < -0.3 is 9.88 Å². The lowest BCUT2D eigenvalue weighted by atomic mass is 10.2. The van der Waals surface area contributed by atoms with Crippen LogP contribution in [-0.4, -0.2) is 20.3 Å². The van der Waals surface area contributed by atoms with Crippen LogP contribution in [0.25, 0.3) is 10.9 Å². The van der Waals surface area contributed by atoms with Crippen molar-refractivity contribution in [2.75, 3.05) is 5.32 Å². The number of hydrogen-bond acceptors (Lipinski definition) is 2. The molecule has 0 radical (unpaired) electrons. The van der Waals surface area contributed by atoms with Crippen LogP contribution in [-0.2, 0) is 18.4 Å². The van der Waals surface area contributed by atoms with Crippen LogP contribution in [0, 0.1) is 0 Å². The first kappa shape index (κ1) is 12.9. The molecule has 0 atom stereocenters. The molecule has 3 aromatic rings. The normalized spacial score (nSPS) is 10.9. The van der Waals surface area contributed by atoms with Gasteiger partial charge in [-0.1, -0.05) is 15.9 Å². The number of amides is 1. The second-order valence-corrected chi connectivity index (χ2v) is 5.51. The molecular formula is C14H13BrN4O. The van der Waals surface area contributed by atoms with Gasteiger partial charge in [-0.25, -0.2) is 0 Å². The summed E-state index contributed by atoms with van der Waals surface area (Å²) in [7, 11) is 1.81. The average molecular weight is 333 g/mol. The van der Waals surface area contributed by atoms with Crippen LogP contribution < -0.4 is 5.32 Å². The van der Waals surface area contributed by atoms with Crippen LogP contribution in [0.15, 0.2) is 47.3 Å². The molecule has 2 heterocycles. The van der Waals surface area contributed by atoms with Crippen molar-refractivity contribution in [3.63, 3.8) is 0 Å². The Kier molecular flexibility index (Phi) is 3.31. The first-order valence-corrected chi connectivity index (χ1v) is 6.94. The smallest absolute Gasteiger partial charge is 0.244 e. The standard InChI is InChI=1S/C14H13BrN4O/c1-18-8-12(7-16-18)17-14(20)9-19-5-4-10-6-11(15)2-3-13(10)19/h2-8H,9H2,1H3,(H,17,20). The van der Waals surface area contributed by atoms with Gasteiger partial charge in [-0.15, -0.1) is 0 Å². The number of hydrogen-bond donors (Lipinski definition) is 1. The number of aryl methyl sites for hydroxylation is 1. The number of carbonyl (C=O) groups excluding carboxylic acids is 1. The third kappa shape index (κ3) is 2.60. The Morgan fingerprint density at radius 3 is 3.00 bits per heavy atom. The summed E-state index contributed by atoms with van der Waals surface area (Å²) in [4.78, 5) is 12.0. The van der Waals surface area contributed by atoms with Crippen molar-refractivity contribution >= 4 is 38.4 Å². The van der Waals surface area contributed by atoms with E-state index >= 15 is 0 Å². The maximum absolute atomic E-state index is 12.0. The van der Waals surface area contributed by atoms with E-state index in [9.17, 15) is 4.79 Å². The number of halogens is 1. The second-order valence-electron chi connectivity index (χ2n) is 4.60. The van der Waals surface area contributed by atoms with Crippen LogP contribution in [0.2, 0.25) is 0 Å². The summed E-state index contributed by atoms with van der Waals surface area (Å²) in [6.07, 6.45) is 5.31. The number of rotatable bonds is 3.